The maximum absolute atomic E-state index is 12.5. The fourth-order valence-electron chi connectivity index (χ4n) is 2.93. The molecule has 1 saturated heterocycles. The van der Waals surface area contributed by atoms with Gasteiger partial charge < -0.3 is 15.4 Å². The Labute approximate surface area is 171 Å². The minimum absolute atomic E-state index is 0. The van der Waals surface area contributed by atoms with Crippen molar-refractivity contribution in [2.24, 2.45) is 5.73 Å². The zero-order chi connectivity index (χ0) is 19.4. The number of benzene rings is 2. The summed E-state index contributed by atoms with van der Waals surface area (Å²) in [6, 6.07) is 12.6. The van der Waals surface area contributed by atoms with Crippen LogP contribution in [-0.4, -0.2) is 45.0 Å². The molecule has 9 heteroatoms. The zero-order valence-electron chi connectivity index (χ0n) is 15.5. The molecule has 1 aliphatic rings. The smallest absolute Gasteiger partial charge is 0.261 e. The molecule has 28 heavy (non-hydrogen) atoms. The van der Waals surface area contributed by atoms with E-state index in [4.69, 9.17) is 10.5 Å². The molecule has 1 atom stereocenters. The van der Waals surface area contributed by atoms with E-state index in [1.54, 1.807) is 41.3 Å². The quantitative estimate of drug-likeness (QED) is 0.740. The van der Waals surface area contributed by atoms with Gasteiger partial charge in [0.05, 0.1) is 11.5 Å². The molecule has 0 saturated carbocycles. The van der Waals surface area contributed by atoms with E-state index in [0.29, 0.717) is 36.7 Å². The molecule has 7 nitrogen and oxygen atoms in total. The van der Waals surface area contributed by atoms with Crippen LogP contribution in [-0.2, 0) is 10.0 Å². The Kier molecular flexibility index (Phi) is 7.29. The average Bonchev–Trinajstić information content (AvgIpc) is 3.09. The van der Waals surface area contributed by atoms with E-state index >= 15 is 0 Å². The van der Waals surface area contributed by atoms with E-state index < -0.39 is 10.0 Å². The number of amides is 1. The Morgan fingerprint density at radius 1 is 1.18 bits per heavy atom. The van der Waals surface area contributed by atoms with Crippen molar-refractivity contribution >= 4 is 34.0 Å². The molecule has 3 rings (SSSR count). The number of nitrogens with one attached hydrogen (secondary N) is 1. The number of nitrogens with zero attached hydrogens (tertiary/aromatic N) is 1. The van der Waals surface area contributed by atoms with Gasteiger partial charge in [-0.1, -0.05) is 0 Å². The first-order valence-electron chi connectivity index (χ1n) is 8.79. The van der Waals surface area contributed by atoms with Gasteiger partial charge in [-0.25, -0.2) is 8.42 Å². The lowest BCUT2D eigenvalue weighted by molar-refractivity contribution is 0.0791. The monoisotopic (exact) mass is 425 g/mol. The van der Waals surface area contributed by atoms with Crippen LogP contribution >= 0.6 is 12.4 Å². The molecule has 0 aromatic heterocycles. The maximum Gasteiger partial charge on any atom is 0.261 e. The highest BCUT2D eigenvalue weighted by Gasteiger charge is 2.24. The second-order valence-corrected chi connectivity index (χ2v) is 8.07. The molecule has 0 unspecified atom stereocenters. The van der Waals surface area contributed by atoms with Gasteiger partial charge in [0, 0.05) is 30.4 Å². The number of likely N-dealkylation sites (tertiary alicyclic amines) is 1. The number of hydrogen-bond donors (Lipinski definition) is 2. The van der Waals surface area contributed by atoms with Crippen LogP contribution in [0.25, 0.3) is 0 Å². The standard InChI is InChI=1S/C19H23N3O4S.ClH/c1-2-26-17-7-9-18(10-8-17)27(24,25)21-16-5-3-14(4-6-16)19(23)22-12-11-15(20)13-22;/h3-10,15,21H,2,11-13,20H2,1H3;1H/t15-;/m1./s1. The molecule has 1 fully saturated rings. The molecule has 1 aliphatic heterocycles. The van der Waals surface area contributed by atoms with E-state index in [1.165, 1.54) is 12.1 Å². The summed E-state index contributed by atoms with van der Waals surface area (Å²) < 4.78 is 32.8. The van der Waals surface area contributed by atoms with E-state index in [0.717, 1.165) is 6.42 Å². The molecular weight excluding hydrogens is 402 g/mol. The number of carbonyl (C=O) groups is 1. The summed E-state index contributed by atoms with van der Waals surface area (Å²) in [7, 11) is -3.72. The number of rotatable bonds is 6. The summed E-state index contributed by atoms with van der Waals surface area (Å²) in [6.45, 7) is 3.56. The van der Waals surface area contributed by atoms with Crippen LogP contribution in [0.4, 0.5) is 5.69 Å². The van der Waals surface area contributed by atoms with Crippen LogP contribution < -0.4 is 15.2 Å². The van der Waals surface area contributed by atoms with Crippen molar-refractivity contribution in [2.75, 3.05) is 24.4 Å². The number of ether oxygens (including phenoxy) is 1. The van der Waals surface area contributed by atoms with Gasteiger partial charge in [-0.2, -0.15) is 0 Å². The van der Waals surface area contributed by atoms with Crippen molar-refractivity contribution < 1.29 is 17.9 Å². The van der Waals surface area contributed by atoms with Crippen LogP contribution in [0, 0.1) is 0 Å². The molecule has 152 valence electrons. The Hall–Kier alpha value is -2.29. The van der Waals surface area contributed by atoms with Gasteiger partial charge in [-0.05, 0) is 61.9 Å². The predicted octanol–water partition coefficient (Wildman–Crippen LogP) is 2.48. The van der Waals surface area contributed by atoms with Gasteiger partial charge >= 0.3 is 0 Å². The lowest BCUT2D eigenvalue weighted by Crippen LogP contribution is -2.31. The number of nitrogens with two attached hydrogens (primary N) is 1. The Balaban J connectivity index is 0.00000280. The van der Waals surface area contributed by atoms with Crippen LogP contribution in [0.1, 0.15) is 23.7 Å². The number of halogens is 1. The summed E-state index contributed by atoms with van der Waals surface area (Å²) in [5.74, 6) is 0.518. The van der Waals surface area contributed by atoms with Gasteiger partial charge in [-0.15, -0.1) is 12.4 Å². The van der Waals surface area contributed by atoms with Gasteiger partial charge in [0.15, 0.2) is 0 Å². The minimum Gasteiger partial charge on any atom is -0.494 e. The highest BCUT2D eigenvalue weighted by atomic mass is 35.5. The normalized spacial score (nSPS) is 16.4. The summed E-state index contributed by atoms with van der Waals surface area (Å²) in [4.78, 5) is 14.3. The molecule has 3 N–H and O–H groups in total. The topological polar surface area (TPSA) is 102 Å². The first-order chi connectivity index (χ1) is 12.9. The highest BCUT2D eigenvalue weighted by Crippen LogP contribution is 2.20. The summed E-state index contributed by atoms with van der Waals surface area (Å²) in [6.07, 6.45) is 0.797. The number of anilines is 1. The molecule has 2 aromatic rings. The molecule has 0 spiro atoms. The zero-order valence-corrected chi connectivity index (χ0v) is 17.1. The van der Waals surface area contributed by atoms with E-state index in [-0.39, 0.29) is 29.3 Å². The molecule has 2 aromatic carbocycles. The number of carbonyl (C=O) groups excluding carboxylic acids is 1. The van der Waals surface area contributed by atoms with E-state index in [9.17, 15) is 13.2 Å². The molecule has 0 aliphatic carbocycles. The third-order valence-corrected chi connectivity index (χ3v) is 5.74. The molecular formula is C19H24ClN3O4S. The van der Waals surface area contributed by atoms with Crippen LogP contribution in [0.5, 0.6) is 5.75 Å². The Morgan fingerprint density at radius 2 is 1.82 bits per heavy atom. The first kappa shape index (κ1) is 22.0. The Bertz CT molecular complexity index is 902. The SMILES string of the molecule is CCOc1ccc(S(=O)(=O)Nc2ccc(C(=O)N3CC[C@@H](N)C3)cc2)cc1.Cl. The fraction of sp³-hybridized carbons (Fsp3) is 0.316. The highest BCUT2D eigenvalue weighted by molar-refractivity contribution is 7.92. The molecule has 0 radical (unpaired) electrons. The second kappa shape index (κ2) is 9.27. The molecule has 0 bridgehead atoms. The van der Waals surface area contributed by atoms with E-state index in [2.05, 4.69) is 4.72 Å². The molecule has 1 heterocycles. The van der Waals surface area contributed by atoms with Gasteiger partial charge in [0.25, 0.3) is 15.9 Å². The number of hydrogen-bond acceptors (Lipinski definition) is 5. The fourth-order valence-corrected chi connectivity index (χ4v) is 3.99. The van der Waals surface area contributed by atoms with Crippen molar-refractivity contribution in [3.8, 4) is 5.75 Å². The van der Waals surface area contributed by atoms with Crippen molar-refractivity contribution in [1.82, 2.24) is 4.90 Å². The number of sulfonamides is 1. The van der Waals surface area contributed by atoms with Gasteiger partial charge in [0.1, 0.15) is 5.75 Å². The lowest BCUT2D eigenvalue weighted by atomic mass is 10.2. The predicted molar refractivity (Wildman–Crippen MR) is 111 cm³/mol. The average molecular weight is 426 g/mol. The maximum atomic E-state index is 12.5. The van der Waals surface area contributed by atoms with Gasteiger partial charge in [0.2, 0.25) is 0 Å². The third kappa shape index (κ3) is 5.15. The second-order valence-electron chi connectivity index (χ2n) is 6.39. The van der Waals surface area contributed by atoms with E-state index in [1.807, 2.05) is 6.92 Å². The lowest BCUT2D eigenvalue weighted by Gasteiger charge is -2.16. The summed E-state index contributed by atoms with van der Waals surface area (Å²) in [5, 5.41) is 0. The van der Waals surface area contributed by atoms with Crippen molar-refractivity contribution in [3.63, 3.8) is 0 Å². The summed E-state index contributed by atoms with van der Waals surface area (Å²) >= 11 is 0. The largest absolute Gasteiger partial charge is 0.494 e. The van der Waals surface area contributed by atoms with Crippen molar-refractivity contribution in [3.05, 3.63) is 54.1 Å². The third-order valence-electron chi connectivity index (χ3n) is 4.34. The van der Waals surface area contributed by atoms with Gasteiger partial charge in [-0.3, -0.25) is 9.52 Å². The molecule has 1 amide bonds. The Morgan fingerprint density at radius 3 is 2.36 bits per heavy atom. The van der Waals surface area contributed by atoms with Crippen LogP contribution in [0.2, 0.25) is 0 Å². The van der Waals surface area contributed by atoms with Crippen molar-refractivity contribution in [2.45, 2.75) is 24.3 Å². The first-order valence-corrected chi connectivity index (χ1v) is 10.3. The van der Waals surface area contributed by atoms with Crippen LogP contribution in [0.15, 0.2) is 53.4 Å². The van der Waals surface area contributed by atoms with Crippen LogP contribution in [0.3, 0.4) is 0 Å². The summed E-state index contributed by atoms with van der Waals surface area (Å²) in [5.41, 5.74) is 6.73. The minimum atomic E-state index is -3.72. The van der Waals surface area contributed by atoms with Crippen molar-refractivity contribution in [1.29, 1.82) is 0 Å².